The van der Waals surface area contributed by atoms with Crippen molar-refractivity contribution in [3.8, 4) is 11.3 Å². The first-order valence-electron chi connectivity index (χ1n) is 4.72. The molecule has 1 radical (unpaired) electrons. The second kappa shape index (κ2) is 4.05. The number of rotatable bonds is 2. The Morgan fingerprint density at radius 1 is 0.929 bits per heavy atom. The van der Waals surface area contributed by atoms with Crippen molar-refractivity contribution in [1.29, 1.82) is 0 Å². The van der Waals surface area contributed by atoms with E-state index >= 15 is 0 Å². The summed E-state index contributed by atoms with van der Waals surface area (Å²) in [5, 5.41) is 0. The highest BCUT2D eigenvalue weighted by atomic mass is 14.7. The molecule has 0 saturated heterocycles. The van der Waals surface area contributed by atoms with E-state index in [2.05, 4.69) is 17.1 Å². The summed E-state index contributed by atoms with van der Waals surface area (Å²) in [5.41, 5.74) is 3.21. The SMILES string of the molecule is C[CH]c1cccc(-c2ccccc2)n1. The summed E-state index contributed by atoms with van der Waals surface area (Å²) in [6.07, 6.45) is 2.01. The van der Waals surface area contributed by atoms with Gasteiger partial charge in [0.25, 0.3) is 0 Å². The van der Waals surface area contributed by atoms with Gasteiger partial charge in [0.05, 0.1) is 5.69 Å². The van der Waals surface area contributed by atoms with Gasteiger partial charge in [0.15, 0.2) is 0 Å². The van der Waals surface area contributed by atoms with Gasteiger partial charge in [0.1, 0.15) is 0 Å². The lowest BCUT2D eigenvalue weighted by Gasteiger charge is -2.01. The normalized spacial score (nSPS) is 10.1. The van der Waals surface area contributed by atoms with Crippen LogP contribution in [0.5, 0.6) is 0 Å². The molecule has 1 heterocycles. The van der Waals surface area contributed by atoms with E-state index < -0.39 is 0 Å². The molecule has 2 rings (SSSR count). The summed E-state index contributed by atoms with van der Waals surface area (Å²) in [7, 11) is 0. The van der Waals surface area contributed by atoms with Gasteiger partial charge in [-0.05, 0) is 12.1 Å². The van der Waals surface area contributed by atoms with Crippen molar-refractivity contribution in [3.05, 3.63) is 60.6 Å². The first-order valence-corrected chi connectivity index (χ1v) is 4.72. The zero-order valence-electron chi connectivity index (χ0n) is 8.14. The van der Waals surface area contributed by atoms with E-state index in [9.17, 15) is 0 Å². The molecular formula is C13H12N. The summed E-state index contributed by atoms with van der Waals surface area (Å²) >= 11 is 0. The van der Waals surface area contributed by atoms with Crippen molar-refractivity contribution in [2.24, 2.45) is 0 Å². The van der Waals surface area contributed by atoms with Crippen molar-refractivity contribution < 1.29 is 0 Å². The molecule has 0 aliphatic heterocycles. The molecule has 0 fully saturated rings. The van der Waals surface area contributed by atoms with E-state index in [0.29, 0.717) is 0 Å². The number of hydrogen-bond donors (Lipinski definition) is 0. The topological polar surface area (TPSA) is 12.9 Å². The van der Waals surface area contributed by atoms with Gasteiger partial charge in [-0.3, -0.25) is 4.98 Å². The maximum atomic E-state index is 4.51. The van der Waals surface area contributed by atoms with Crippen molar-refractivity contribution in [1.82, 2.24) is 4.98 Å². The number of benzene rings is 1. The quantitative estimate of drug-likeness (QED) is 0.694. The van der Waals surface area contributed by atoms with Crippen LogP contribution in [0.1, 0.15) is 12.6 Å². The number of aromatic nitrogens is 1. The van der Waals surface area contributed by atoms with Gasteiger partial charge < -0.3 is 0 Å². The van der Waals surface area contributed by atoms with Gasteiger partial charge in [-0.2, -0.15) is 0 Å². The predicted octanol–water partition coefficient (Wildman–Crippen LogP) is 3.32. The van der Waals surface area contributed by atoms with Crippen LogP contribution < -0.4 is 0 Å². The van der Waals surface area contributed by atoms with E-state index in [1.165, 1.54) is 0 Å². The van der Waals surface area contributed by atoms with Crippen molar-refractivity contribution in [2.75, 3.05) is 0 Å². The Kier molecular flexibility index (Phi) is 2.59. The number of nitrogens with zero attached hydrogens (tertiary/aromatic N) is 1. The highest BCUT2D eigenvalue weighted by molar-refractivity contribution is 5.58. The molecule has 0 unspecified atom stereocenters. The molecule has 2 aromatic rings. The Morgan fingerprint density at radius 3 is 2.43 bits per heavy atom. The second-order valence-corrected chi connectivity index (χ2v) is 3.10. The average Bonchev–Trinajstić information content (AvgIpc) is 2.30. The Balaban J connectivity index is 2.42. The third-order valence-electron chi connectivity index (χ3n) is 2.14. The summed E-state index contributed by atoms with van der Waals surface area (Å²) in [6.45, 7) is 2.00. The van der Waals surface area contributed by atoms with Gasteiger partial charge in [-0.15, -0.1) is 0 Å². The maximum Gasteiger partial charge on any atom is 0.0705 e. The summed E-state index contributed by atoms with van der Waals surface area (Å²) in [4.78, 5) is 4.51. The fraction of sp³-hybridized carbons (Fsp3) is 0.0769. The third-order valence-corrected chi connectivity index (χ3v) is 2.14. The lowest BCUT2D eigenvalue weighted by atomic mass is 10.1. The summed E-state index contributed by atoms with van der Waals surface area (Å²) in [5.74, 6) is 0. The fourth-order valence-electron chi connectivity index (χ4n) is 1.38. The van der Waals surface area contributed by atoms with Crippen LogP contribution in [0.25, 0.3) is 11.3 Å². The van der Waals surface area contributed by atoms with Crippen LogP contribution in [-0.4, -0.2) is 4.98 Å². The van der Waals surface area contributed by atoms with Crippen LogP contribution in [0.3, 0.4) is 0 Å². The van der Waals surface area contributed by atoms with Crippen LogP contribution in [0, 0.1) is 6.42 Å². The van der Waals surface area contributed by atoms with E-state index in [0.717, 1.165) is 17.0 Å². The Hall–Kier alpha value is -1.63. The zero-order valence-corrected chi connectivity index (χ0v) is 8.14. The first-order chi connectivity index (χ1) is 6.90. The third kappa shape index (κ3) is 1.82. The minimum atomic E-state index is 1.02. The van der Waals surface area contributed by atoms with E-state index in [1.54, 1.807) is 0 Å². The van der Waals surface area contributed by atoms with Crippen LogP contribution in [0.15, 0.2) is 48.5 Å². The van der Waals surface area contributed by atoms with Crippen molar-refractivity contribution >= 4 is 0 Å². The Morgan fingerprint density at radius 2 is 1.71 bits per heavy atom. The zero-order chi connectivity index (χ0) is 9.80. The van der Waals surface area contributed by atoms with Gasteiger partial charge in [-0.1, -0.05) is 43.3 Å². The first kappa shape index (κ1) is 8.95. The minimum Gasteiger partial charge on any atom is -0.253 e. The molecule has 0 atom stereocenters. The molecule has 0 amide bonds. The minimum absolute atomic E-state index is 1.02. The largest absolute Gasteiger partial charge is 0.253 e. The highest BCUT2D eigenvalue weighted by Crippen LogP contribution is 2.16. The molecule has 0 aliphatic carbocycles. The van der Waals surface area contributed by atoms with Crippen molar-refractivity contribution in [2.45, 2.75) is 6.92 Å². The lowest BCUT2D eigenvalue weighted by Crippen LogP contribution is -1.87. The molecule has 0 spiro atoms. The molecule has 0 aliphatic rings. The molecule has 14 heavy (non-hydrogen) atoms. The number of pyridine rings is 1. The average molecular weight is 182 g/mol. The van der Waals surface area contributed by atoms with E-state index in [1.807, 2.05) is 49.7 Å². The van der Waals surface area contributed by atoms with Gasteiger partial charge >= 0.3 is 0 Å². The van der Waals surface area contributed by atoms with Crippen molar-refractivity contribution in [3.63, 3.8) is 0 Å². The molecule has 69 valence electrons. The highest BCUT2D eigenvalue weighted by Gasteiger charge is 1.98. The predicted molar refractivity (Wildman–Crippen MR) is 58.7 cm³/mol. The van der Waals surface area contributed by atoms with Crippen LogP contribution in [-0.2, 0) is 0 Å². The van der Waals surface area contributed by atoms with E-state index in [-0.39, 0.29) is 0 Å². The monoisotopic (exact) mass is 182 g/mol. The molecule has 1 heteroatoms. The van der Waals surface area contributed by atoms with Crippen LogP contribution >= 0.6 is 0 Å². The molecule has 0 bridgehead atoms. The lowest BCUT2D eigenvalue weighted by molar-refractivity contribution is 1.21. The Bertz CT molecular complexity index is 407. The van der Waals surface area contributed by atoms with Gasteiger partial charge in [0.2, 0.25) is 0 Å². The smallest absolute Gasteiger partial charge is 0.0705 e. The maximum absolute atomic E-state index is 4.51. The van der Waals surface area contributed by atoms with Gasteiger partial charge in [0, 0.05) is 17.7 Å². The summed E-state index contributed by atoms with van der Waals surface area (Å²) in [6, 6.07) is 16.3. The van der Waals surface area contributed by atoms with Gasteiger partial charge in [-0.25, -0.2) is 0 Å². The standard InChI is InChI=1S/C13H12N/c1-2-12-9-6-10-13(14-12)11-7-4-3-5-8-11/h2-10H,1H3. The van der Waals surface area contributed by atoms with Crippen LogP contribution in [0.4, 0.5) is 0 Å². The van der Waals surface area contributed by atoms with E-state index in [4.69, 9.17) is 0 Å². The molecule has 1 aromatic heterocycles. The molecule has 0 saturated carbocycles. The molecular weight excluding hydrogens is 170 g/mol. The molecule has 1 aromatic carbocycles. The molecule has 1 nitrogen and oxygen atoms in total. The Labute approximate surface area is 84.4 Å². The number of hydrogen-bond acceptors (Lipinski definition) is 1. The summed E-state index contributed by atoms with van der Waals surface area (Å²) < 4.78 is 0. The fourth-order valence-corrected chi connectivity index (χ4v) is 1.38. The second-order valence-electron chi connectivity index (χ2n) is 3.10. The molecule has 0 N–H and O–H groups in total. The van der Waals surface area contributed by atoms with Crippen LogP contribution in [0.2, 0.25) is 0 Å².